The SMILES string of the molecule is Cc1cc(O)c(C(O)C(C)N)c(Cl)c1. The lowest BCUT2D eigenvalue weighted by atomic mass is 10.0. The molecule has 3 nitrogen and oxygen atoms in total. The molecule has 0 aliphatic carbocycles. The minimum Gasteiger partial charge on any atom is -0.508 e. The summed E-state index contributed by atoms with van der Waals surface area (Å²) in [7, 11) is 0. The van der Waals surface area contributed by atoms with Crippen molar-refractivity contribution in [2.75, 3.05) is 0 Å². The molecule has 0 saturated carbocycles. The van der Waals surface area contributed by atoms with E-state index in [9.17, 15) is 10.2 Å². The van der Waals surface area contributed by atoms with E-state index in [1.807, 2.05) is 6.92 Å². The Labute approximate surface area is 88.1 Å². The highest BCUT2D eigenvalue weighted by molar-refractivity contribution is 6.31. The first-order valence-electron chi connectivity index (χ1n) is 4.36. The van der Waals surface area contributed by atoms with Gasteiger partial charge >= 0.3 is 0 Å². The smallest absolute Gasteiger partial charge is 0.123 e. The number of aromatic hydroxyl groups is 1. The van der Waals surface area contributed by atoms with Crippen molar-refractivity contribution in [1.29, 1.82) is 0 Å². The van der Waals surface area contributed by atoms with E-state index in [1.165, 1.54) is 0 Å². The van der Waals surface area contributed by atoms with E-state index in [-0.39, 0.29) is 5.75 Å². The molecule has 4 heteroatoms. The maximum atomic E-state index is 9.68. The minimum atomic E-state index is -0.942. The first-order valence-corrected chi connectivity index (χ1v) is 4.74. The molecular formula is C10H14ClNO2. The van der Waals surface area contributed by atoms with Crippen LogP contribution in [-0.4, -0.2) is 16.3 Å². The van der Waals surface area contributed by atoms with Crippen LogP contribution in [0.4, 0.5) is 0 Å². The fraction of sp³-hybridized carbons (Fsp3) is 0.400. The summed E-state index contributed by atoms with van der Waals surface area (Å²) in [6.45, 7) is 3.47. The van der Waals surface area contributed by atoms with E-state index in [2.05, 4.69) is 0 Å². The molecule has 4 N–H and O–H groups in total. The summed E-state index contributed by atoms with van der Waals surface area (Å²) >= 11 is 5.90. The molecule has 78 valence electrons. The topological polar surface area (TPSA) is 66.5 Å². The maximum absolute atomic E-state index is 9.68. The number of nitrogens with two attached hydrogens (primary N) is 1. The summed E-state index contributed by atoms with van der Waals surface area (Å²) in [6, 6.07) is 2.76. The van der Waals surface area contributed by atoms with Crippen LogP contribution in [0.15, 0.2) is 12.1 Å². The second-order valence-corrected chi connectivity index (χ2v) is 3.89. The number of aryl methyl sites for hydroxylation is 1. The van der Waals surface area contributed by atoms with Crippen molar-refractivity contribution in [3.8, 4) is 5.75 Å². The number of halogens is 1. The molecule has 1 aromatic rings. The Balaban J connectivity index is 3.20. The Bertz CT molecular complexity index is 316. The van der Waals surface area contributed by atoms with Crippen molar-refractivity contribution in [3.05, 3.63) is 28.3 Å². The van der Waals surface area contributed by atoms with Gasteiger partial charge in [0.25, 0.3) is 0 Å². The van der Waals surface area contributed by atoms with E-state index in [0.29, 0.717) is 10.6 Å². The van der Waals surface area contributed by atoms with Gasteiger partial charge in [0.1, 0.15) is 5.75 Å². The summed E-state index contributed by atoms with van der Waals surface area (Å²) in [5, 5.41) is 19.6. The van der Waals surface area contributed by atoms with Crippen molar-refractivity contribution < 1.29 is 10.2 Å². The molecule has 0 radical (unpaired) electrons. The fourth-order valence-electron chi connectivity index (χ4n) is 1.29. The highest BCUT2D eigenvalue weighted by Gasteiger charge is 2.19. The van der Waals surface area contributed by atoms with Crippen LogP contribution in [0, 0.1) is 6.92 Å². The molecule has 0 saturated heterocycles. The van der Waals surface area contributed by atoms with Gasteiger partial charge in [0, 0.05) is 11.6 Å². The van der Waals surface area contributed by atoms with Crippen LogP contribution in [0.5, 0.6) is 5.75 Å². The Morgan fingerprint density at radius 2 is 2.00 bits per heavy atom. The number of hydrogen-bond donors (Lipinski definition) is 3. The van der Waals surface area contributed by atoms with Gasteiger partial charge in [-0.2, -0.15) is 0 Å². The molecule has 1 aromatic carbocycles. The lowest BCUT2D eigenvalue weighted by molar-refractivity contribution is 0.150. The van der Waals surface area contributed by atoms with Crippen LogP contribution in [-0.2, 0) is 0 Å². The van der Waals surface area contributed by atoms with E-state index in [4.69, 9.17) is 17.3 Å². The van der Waals surface area contributed by atoms with E-state index in [1.54, 1.807) is 19.1 Å². The largest absolute Gasteiger partial charge is 0.508 e. The quantitative estimate of drug-likeness (QED) is 0.704. The molecule has 2 atom stereocenters. The number of aliphatic hydroxyl groups excluding tert-OH is 1. The van der Waals surface area contributed by atoms with Crippen molar-refractivity contribution in [2.45, 2.75) is 26.0 Å². The third kappa shape index (κ3) is 2.18. The third-order valence-corrected chi connectivity index (χ3v) is 2.36. The Kier molecular flexibility index (Phi) is 3.37. The van der Waals surface area contributed by atoms with Gasteiger partial charge in [-0.3, -0.25) is 0 Å². The first kappa shape index (κ1) is 11.3. The number of aliphatic hydroxyl groups is 1. The van der Waals surface area contributed by atoms with E-state index < -0.39 is 12.1 Å². The van der Waals surface area contributed by atoms with Crippen molar-refractivity contribution in [2.24, 2.45) is 5.73 Å². The third-order valence-electron chi connectivity index (χ3n) is 2.05. The summed E-state index contributed by atoms with van der Waals surface area (Å²) in [6.07, 6.45) is -0.942. The molecule has 0 amide bonds. The number of benzene rings is 1. The monoisotopic (exact) mass is 215 g/mol. The Morgan fingerprint density at radius 3 is 2.43 bits per heavy atom. The standard InChI is InChI=1S/C10H14ClNO2/c1-5-3-7(11)9(8(13)4-5)10(14)6(2)12/h3-4,6,10,13-14H,12H2,1-2H3. The van der Waals surface area contributed by atoms with Gasteiger partial charge in [0.2, 0.25) is 0 Å². The number of rotatable bonds is 2. The number of phenols is 1. The first-order chi connectivity index (χ1) is 6.43. The second kappa shape index (κ2) is 4.17. The van der Waals surface area contributed by atoms with Gasteiger partial charge < -0.3 is 15.9 Å². The molecule has 0 heterocycles. The normalized spacial score (nSPS) is 15.2. The van der Waals surface area contributed by atoms with Crippen LogP contribution in [0.1, 0.15) is 24.2 Å². The minimum absolute atomic E-state index is 0.0141. The highest BCUT2D eigenvalue weighted by atomic mass is 35.5. The van der Waals surface area contributed by atoms with Crippen LogP contribution in [0.25, 0.3) is 0 Å². The number of phenolic OH excluding ortho intramolecular Hbond substituents is 1. The van der Waals surface area contributed by atoms with Crippen LogP contribution < -0.4 is 5.73 Å². The van der Waals surface area contributed by atoms with Gasteiger partial charge in [0.15, 0.2) is 0 Å². The molecular weight excluding hydrogens is 202 g/mol. The van der Waals surface area contributed by atoms with E-state index >= 15 is 0 Å². The summed E-state index contributed by atoms with van der Waals surface area (Å²) in [5.41, 5.74) is 6.66. The molecule has 2 unspecified atom stereocenters. The zero-order valence-electron chi connectivity index (χ0n) is 8.16. The average molecular weight is 216 g/mol. The molecule has 0 spiro atoms. The Morgan fingerprint density at radius 1 is 1.43 bits per heavy atom. The zero-order valence-corrected chi connectivity index (χ0v) is 8.92. The summed E-state index contributed by atoms with van der Waals surface area (Å²) in [4.78, 5) is 0. The molecule has 0 aromatic heterocycles. The van der Waals surface area contributed by atoms with Crippen LogP contribution in [0.2, 0.25) is 5.02 Å². The van der Waals surface area contributed by atoms with Crippen molar-refractivity contribution >= 4 is 11.6 Å². The van der Waals surface area contributed by atoms with Crippen molar-refractivity contribution in [1.82, 2.24) is 0 Å². The maximum Gasteiger partial charge on any atom is 0.123 e. The lowest BCUT2D eigenvalue weighted by Crippen LogP contribution is -2.24. The van der Waals surface area contributed by atoms with Crippen molar-refractivity contribution in [3.63, 3.8) is 0 Å². The molecule has 0 aliphatic heterocycles. The molecule has 0 fully saturated rings. The van der Waals surface area contributed by atoms with Crippen LogP contribution >= 0.6 is 11.6 Å². The second-order valence-electron chi connectivity index (χ2n) is 3.48. The van der Waals surface area contributed by atoms with Gasteiger partial charge in [0.05, 0.1) is 11.1 Å². The lowest BCUT2D eigenvalue weighted by Gasteiger charge is -2.18. The van der Waals surface area contributed by atoms with Gasteiger partial charge in [-0.1, -0.05) is 11.6 Å². The van der Waals surface area contributed by atoms with Gasteiger partial charge in [-0.15, -0.1) is 0 Å². The predicted molar refractivity (Wildman–Crippen MR) is 56.5 cm³/mol. The zero-order chi connectivity index (χ0) is 10.9. The van der Waals surface area contributed by atoms with Gasteiger partial charge in [-0.25, -0.2) is 0 Å². The molecule has 14 heavy (non-hydrogen) atoms. The summed E-state index contributed by atoms with van der Waals surface area (Å²) in [5.74, 6) is -0.0141. The molecule has 0 aliphatic rings. The van der Waals surface area contributed by atoms with Crippen LogP contribution in [0.3, 0.4) is 0 Å². The molecule has 1 rings (SSSR count). The number of hydrogen-bond acceptors (Lipinski definition) is 3. The van der Waals surface area contributed by atoms with E-state index in [0.717, 1.165) is 5.56 Å². The molecule has 0 bridgehead atoms. The average Bonchev–Trinajstić information content (AvgIpc) is 2.01. The highest BCUT2D eigenvalue weighted by Crippen LogP contribution is 2.33. The predicted octanol–water partition coefficient (Wildman–Crippen LogP) is 1.73. The summed E-state index contributed by atoms with van der Waals surface area (Å²) < 4.78 is 0. The Hall–Kier alpha value is -0.770. The van der Waals surface area contributed by atoms with Gasteiger partial charge in [-0.05, 0) is 31.5 Å². The fourth-order valence-corrected chi connectivity index (χ4v) is 1.67.